The summed E-state index contributed by atoms with van der Waals surface area (Å²) in [6.07, 6.45) is 2.18. The molecule has 0 amide bonds. The molecule has 0 bridgehead atoms. The summed E-state index contributed by atoms with van der Waals surface area (Å²) in [6.45, 7) is 0. The molecule has 2 nitrogen and oxygen atoms in total. The van der Waals surface area contributed by atoms with Gasteiger partial charge in [-0.1, -0.05) is 48.5 Å². The fourth-order valence-corrected chi connectivity index (χ4v) is 1.96. The van der Waals surface area contributed by atoms with E-state index in [0.29, 0.717) is 0 Å². The van der Waals surface area contributed by atoms with Crippen LogP contribution >= 0.6 is 19.8 Å². The Bertz CT molecular complexity index is 506. The minimum atomic E-state index is -0.130. The van der Waals surface area contributed by atoms with Crippen LogP contribution in [0, 0.1) is 0 Å². The molecular weight excluding hydrogens is 381 g/mol. The van der Waals surface area contributed by atoms with Crippen LogP contribution in [0.3, 0.4) is 0 Å². The zero-order valence-corrected chi connectivity index (χ0v) is 15.4. The molecule has 0 saturated carbocycles. The fraction of sp³-hybridized carbons (Fsp3) is 0.133. The minimum absolute atomic E-state index is 0. The van der Waals surface area contributed by atoms with E-state index in [2.05, 4.69) is 0 Å². The van der Waals surface area contributed by atoms with Gasteiger partial charge in [-0.2, -0.15) is 19.8 Å². The summed E-state index contributed by atoms with van der Waals surface area (Å²) in [4.78, 5) is 10.7. The smallest absolute Gasteiger partial charge is 0.119 e. The van der Waals surface area contributed by atoms with Crippen LogP contribution in [-0.2, 0) is 25.2 Å². The van der Waals surface area contributed by atoms with Crippen molar-refractivity contribution in [3.05, 3.63) is 65.7 Å². The van der Waals surface area contributed by atoms with Gasteiger partial charge in [0.25, 0.3) is 0 Å². The van der Waals surface area contributed by atoms with Crippen LogP contribution in [0.1, 0.15) is 23.5 Å². The fourth-order valence-electron chi connectivity index (χ4n) is 1.96. The van der Waals surface area contributed by atoms with Gasteiger partial charge in [0.05, 0.1) is 0 Å². The summed E-state index contributed by atoms with van der Waals surface area (Å²) in [5, 5.41) is 9.84. The maximum absolute atomic E-state index is 10.7. The number of hydrogen-bond acceptors (Lipinski definition) is 2. The Hall–Kier alpha value is -0.568. The summed E-state index contributed by atoms with van der Waals surface area (Å²) in [6, 6.07) is 16.8. The Kier molecular flexibility index (Phi) is 12.1. The third-order valence-corrected chi connectivity index (χ3v) is 2.80. The van der Waals surface area contributed by atoms with Gasteiger partial charge < -0.3 is 9.90 Å². The van der Waals surface area contributed by atoms with Crippen molar-refractivity contribution in [2.45, 2.75) is 12.3 Å². The maximum atomic E-state index is 10.7. The monoisotopic (exact) mass is 399 g/mol. The molecule has 2 aromatic carbocycles. The van der Waals surface area contributed by atoms with E-state index in [4.69, 9.17) is 0 Å². The molecule has 0 aliphatic carbocycles. The molecule has 0 spiro atoms. The molecule has 0 fully saturated rings. The van der Waals surface area contributed by atoms with Gasteiger partial charge in [0.2, 0.25) is 0 Å². The van der Waals surface area contributed by atoms with Crippen molar-refractivity contribution < 1.29 is 30.3 Å². The second-order valence-electron chi connectivity index (χ2n) is 3.87. The first kappa shape index (κ1) is 21.7. The van der Waals surface area contributed by atoms with E-state index in [1.807, 2.05) is 48.8 Å². The van der Waals surface area contributed by atoms with Gasteiger partial charge in [-0.15, -0.1) is 6.42 Å². The Morgan fingerprint density at radius 3 is 2.05 bits per heavy atom. The van der Waals surface area contributed by atoms with E-state index in [1.165, 1.54) is 0 Å². The van der Waals surface area contributed by atoms with Gasteiger partial charge in [0.15, 0.2) is 0 Å². The Labute approximate surface area is 140 Å². The van der Waals surface area contributed by atoms with Gasteiger partial charge in [0.1, 0.15) is 5.75 Å². The molecule has 0 aliphatic rings. The summed E-state index contributed by atoms with van der Waals surface area (Å²) in [5.74, 6) is 0.0894. The summed E-state index contributed by atoms with van der Waals surface area (Å²) in [5.41, 5.74) is 1.78. The average molecular weight is 400 g/mol. The van der Waals surface area contributed by atoms with Crippen molar-refractivity contribution in [1.82, 2.24) is 0 Å². The Morgan fingerprint density at radius 2 is 1.50 bits per heavy atom. The predicted octanol–water partition coefficient (Wildman–Crippen LogP) is 3.14. The molecule has 112 valence electrons. The molecule has 0 radical (unpaired) electrons. The van der Waals surface area contributed by atoms with Crippen LogP contribution in [0.2, 0.25) is 0 Å². The van der Waals surface area contributed by atoms with E-state index in [9.17, 15) is 9.90 Å². The van der Waals surface area contributed by atoms with Crippen molar-refractivity contribution in [3.8, 4) is 5.75 Å². The topological polar surface area (TPSA) is 37.3 Å². The average Bonchev–Trinajstić information content (AvgIpc) is 2.38. The van der Waals surface area contributed by atoms with Crippen molar-refractivity contribution in [1.29, 1.82) is 0 Å². The molecule has 0 heterocycles. The molecule has 5 heteroatoms. The standard InChI is InChI=1S/C15H13O2.2H3P.Pd/c16-11-10-13(12-6-2-1-3-7-12)14-8-4-5-9-15(14)17;;;/h1-9,13,17H,10H2;2*1H3;/q-1;;;/t13-;;;/m0.../s1. The van der Waals surface area contributed by atoms with E-state index in [0.717, 1.165) is 11.1 Å². The van der Waals surface area contributed by atoms with Gasteiger partial charge in [-0.25, -0.2) is 0 Å². The number of hydrogen-bond donors (Lipinski definition) is 1. The Morgan fingerprint density at radius 1 is 0.950 bits per heavy atom. The number of carbonyl (C=O) groups excluding carboxylic acids is 1. The summed E-state index contributed by atoms with van der Waals surface area (Å²) in [7, 11) is 0. The first-order valence-electron chi connectivity index (χ1n) is 5.50. The van der Waals surface area contributed by atoms with Gasteiger partial charge in [-0.05, 0) is 23.1 Å². The normalized spacial score (nSPS) is 10.2. The number of benzene rings is 2. The van der Waals surface area contributed by atoms with Crippen molar-refractivity contribution in [2.24, 2.45) is 0 Å². The van der Waals surface area contributed by atoms with Crippen LogP contribution in [0.4, 0.5) is 0 Å². The van der Waals surface area contributed by atoms with Crippen LogP contribution in [0.25, 0.3) is 0 Å². The number of aromatic hydroxyl groups is 1. The van der Waals surface area contributed by atoms with Crippen LogP contribution < -0.4 is 0 Å². The Balaban J connectivity index is 0. The second kappa shape index (κ2) is 11.1. The zero-order valence-electron chi connectivity index (χ0n) is 11.1. The molecule has 0 aliphatic heterocycles. The van der Waals surface area contributed by atoms with Crippen LogP contribution in [0.5, 0.6) is 5.75 Å². The second-order valence-corrected chi connectivity index (χ2v) is 3.87. The van der Waals surface area contributed by atoms with Crippen molar-refractivity contribution >= 4 is 26.1 Å². The maximum Gasteiger partial charge on any atom is 0.119 e. The molecule has 2 rings (SSSR count). The quantitative estimate of drug-likeness (QED) is 0.487. The first-order chi connectivity index (χ1) is 8.33. The third-order valence-electron chi connectivity index (χ3n) is 2.80. The number of rotatable bonds is 4. The number of phenolic OH excluding ortho intramolecular Hbond substituents is 1. The predicted molar refractivity (Wildman–Crippen MR) is 88.9 cm³/mol. The molecule has 20 heavy (non-hydrogen) atoms. The van der Waals surface area contributed by atoms with E-state index < -0.39 is 0 Å². The van der Waals surface area contributed by atoms with Crippen molar-refractivity contribution in [3.63, 3.8) is 0 Å². The zero-order chi connectivity index (χ0) is 12.1. The molecule has 0 saturated heterocycles. The van der Waals surface area contributed by atoms with Crippen LogP contribution in [-0.4, -0.2) is 11.4 Å². The third kappa shape index (κ3) is 5.43. The van der Waals surface area contributed by atoms with Gasteiger partial charge in [-0.3, -0.25) is 6.29 Å². The SMILES string of the molecule is O=[C-]C[C@@H](c1ccccc1)c1ccccc1O.P.P.[Pd]. The molecule has 3 atom stereocenters. The summed E-state index contributed by atoms with van der Waals surface area (Å²) >= 11 is 0. The van der Waals surface area contributed by atoms with E-state index >= 15 is 0 Å². The molecule has 2 unspecified atom stereocenters. The first-order valence-corrected chi connectivity index (χ1v) is 5.50. The number of phenols is 1. The van der Waals surface area contributed by atoms with Crippen molar-refractivity contribution in [2.75, 3.05) is 0 Å². The molecule has 2 aromatic rings. The molecular formula is C15H19O2P2Pd-. The minimum Gasteiger partial charge on any atom is -0.542 e. The van der Waals surface area contributed by atoms with Crippen LogP contribution in [0.15, 0.2) is 54.6 Å². The largest absolute Gasteiger partial charge is 0.542 e. The number of para-hydroxylation sites is 1. The summed E-state index contributed by atoms with van der Waals surface area (Å²) < 4.78 is 0. The van der Waals surface area contributed by atoms with Gasteiger partial charge in [0, 0.05) is 20.4 Å². The van der Waals surface area contributed by atoms with E-state index in [-0.39, 0.29) is 58.3 Å². The van der Waals surface area contributed by atoms with E-state index in [1.54, 1.807) is 12.1 Å². The van der Waals surface area contributed by atoms with Gasteiger partial charge >= 0.3 is 0 Å². The molecule has 1 N–H and O–H groups in total. The molecule has 0 aromatic heterocycles.